The Kier molecular flexibility index (Phi) is 22.2. The minimum Gasteiger partial charge on any atom is -0.508 e. The Morgan fingerprint density at radius 1 is 0.713 bits per heavy atom. The van der Waals surface area contributed by atoms with Crippen LogP contribution < -0.4 is 62.9 Å². The third-order valence-electron chi connectivity index (χ3n) is 17.8. The monoisotopic (exact) mass is 1450 g/mol. The SMILES string of the molecule is CN[C@H](CC(C)C)C(=O)N[C@H]1C(=O)N[C@H](CC(N)=O)C(=O)N[C@H]2C(=O)NC3C(=O)N[C@H](C(=O)N[C@H](C(=O)O)c4cc(O)cc(O)c4-c4cc3ccc4O)[C@H](O)c3ccc(c(Cl)c3)Oc3cc2cc(c3O[C@@H]2O[C@H](CO)[C@@H](O)[C@H](O)[C@H]2O[C@H]2C[C@](C)(N)[C@H](O)[C@H](C)O2)Oc2ccc(cc2Cl)[C@H]1O. The number of rotatable bonds is 13. The van der Waals surface area contributed by atoms with Gasteiger partial charge in [0.25, 0.3) is 0 Å². The number of carboxylic acids is 1. The van der Waals surface area contributed by atoms with Gasteiger partial charge in [0, 0.05) is 34.7 Å². The number of halogens is 2. The van der Waals surface area contributed by atoms with Crippen molar-refractivity contribution in [1.29, 1.82) is 0 Å². The van der Waals surface area contributed by atoms with Gasteiger partial charge < -0.3 is 128 Å². The van der Waals surface area contributed by atoms with Gasteiger partial charge in [-0.3, -0.25) is 33.6 Å². The minimum absolute atomic E-state index is 0.0975. The van der Waals surface area contributed by atoms with Gasteiger partial charge >= 0.3 is 5.97 Å². The van der Waals surface area contributed by atoms with Crippen molar-refractivity contribution in [1.82, 2.24) is 37.2 Å². The fourth-order valence-electron chi connectivity index (χ4n) is 12.5. The first-order valence-electron chi connectivity index (χ1n) is 31.6. The number of aliphatic hydroxyl groups excluding tert-OH is 6. The Balaban J connectivity index is 1.24. The second-order valence-corrected chi connectivity index (χ2v) is 26.5. The van der Waals surface area contributed by atoms with Crippen LogP contribution >= 0.6 is 23.2 Å². The lowest BCUT2D eigenvalue weighted by atomic mass is 9.86. The van der Waals surface area contributed by atoms with Crippen LogP contribution in [0.1, 0.15) is 105 Å². The van der Waals surface area contributed by atoms with E-state index in [1.807, 2.05) is 13.8 Å². The number of aliphatic carboxylic acids is 1. The van der Waals surface area contributed by atoms with Crippen LogP contribution in [-0.2, 0) is 52.6 Å². The van der Waals surface area contributed by atoms with Crippen molar-refractivity contribution in [3.8, 4) is 57.1 Å². The zero-order valence-corrected chi connectivity index (χ0v) is 55.8. The van der Waals surface area contributed by atoms with E-state index in [-0.39, 0.29) is 46.2 Å². The molecule has 0 spiro atoms. The standard InChI is InChI=1S/C66H75Cl2N9O24/c1-23(2)12-34(71-5)58(88)76-49-51(83)26-7-10-38(32(67)14-26)97-40-16-28-17-41(55(40)101-65-56(54(86)53(85)42(22-78)99-65)100-44-21-66(4,70)57(87)24(3)96-44)98-39-11-8-27(15-33(39)68)52(84)50-63(93)75-48(64(94)95)31-18-29(79)19-37(81)45(31)30-13-25(6-9-36(30)80)46(60(90)77-50)74-61(91)47(28)73-59(89)35(20-43(69)82)72-62(49)92/h6-11,13-19,23-24,34-35,42,44,46-54,56-57,65,71,78-81,83-87H,12,20-22,70H2,1-5H3,(H2,69,82)(H,72,92)(H,73,89)(H,74,91)(H,75,93)(H,76,88)(H,77,90)(H,94,95)/t24-,34+,35+,42+,44-,46?,47+,48-,49+,50-,51+,52+,53+,54-,56+,57+,65-,66-/m0/s1. The summed E-state index contributed by atoms with van der Waals surface area (Å²) in [6, 6.07) is -0.679. The summed E-state index contributed by atoms with van der Waals surface area (Å²) < 4.78 is 38.3. The number of hydrogen-bond acceptors (Lipinski definition) is 25. The van der Waals surface area contributed by atoms with Crippen LogP contribution in [0.3, 0.4) is 0 Å². The van der Waals surface area contributed by atoms with Gasteiger partial charge in [-0.15, -0.1) is 0 Å². The summed E-state index contributed by atoms with van der Waals surface area (Å²) in [6.45, 7) is 5.66. The summed E-state index contributed by atoms with van der Waals surface area (Å²) in [5.41, 5.74) is 8.00. The number of ether oxygens (including phenoxy) is 6. The zero-order chi connectivity index (χ0) is 73.5. The van der Waals surface area contributed by atoms with Crippen molar-refractivity contribution in [2.45, 2.75) is 156 Å². The van der Waals surface area contributed by atoms with Crippen molar-refractivity contribution in [2.24, 2.45) is 17.4 Å². The predicted octanol–water partition coefficient (Wildman–Crippen LogP) is 0.106. The summed E-state index contributed by atoms with van der Waals surface area (Å²) in [6.07, 6.45) is -18.6. The molecular formula is C66H75Cl2N9O24. The normalized spacial score (nSPS) is 29.4. The molecule has 542 valence electrons. The Hall–Kier alpha value is -9.20. The number of benzene rings is 5. The molecule has 0 saturated carbocycles. The molecule has 12 rings (SSSR count). The fourth-order valence-corrected chi connectivity index (χ4v) is 12.9. The van der Waals surface area contributed by atoms with Gasteiger partial charge in [-0.1, -0.05) is 55.2 Å². The molecule has 33 nitrogen and oxygen atoms in total. The molecule has 7 aliphatic heterocycles. The molecule has 2 saturated heterocycles. The molecule has 0 aliphatic carbocycles. The fraction of sp³-hybridized carbons (Fsp3) is 0.424. The van der Waals surface area contributed by atoms with Crippen molar-refractivity contribution in [3.63, 3.8) is 0 Å². The number of phenols is 3. The Morgan fingerprint density at radius 2 is 1.32 bits per heavy atom. The lowest BCUT2D eigenvalue weighted by Crippen LogP contribution is -2.64. The molecule has 1 unspecified atom stereocenters. The van der Waals surface area contributed by atoms with Crippen LogP contribution in [0.2, 0.25) is 10.0 Å². The number of amides is 7. The van der Waals surface area contributed by atoms with Crippen LogP contribution in [0.5, 0.6) is 46.0 Å². The molecule has 0 radical (unpaired) electrons. The number of carboxylic acid groups (broad SMARTS) is 1. The van der Waals surface area contributed by atoms with E-state index in [0.717, 1.165) is 66.7 Å². The van der Waals surface area contributed by atoms with Crippen LogP contribution in [0.4, 0.5) is 0 Å². The molecule has 21 N–H and O–H groups in total. The number of primary amides is 1. The van der Waals surface area contributed by atoms with Crippen molar-refractivity contribution >= 4 is 70.5 Å². The highest BCUT2D eigenvalue weighted by molar-refractivity contribution is 6.32. The summed E-state index contributed by atoms with van der Waals surface area (Å²) in [4.78, 5) is 117. The average Bonchev–Trinajstić information content (AvgIpc) is 0.775. The highest BCUT2D eigenvalue weighted by Gasteiger charge is 2.51. The van der Waals surface area contributed by atoms with E-state index < -0.39 is 237 Å². The Bertz CT molecular complexity index is 4070. The maximum absolute atomic E-state index is 16.0. The quantitative estimate of drug-likeness (QED) is 0.0743. The second-order valence-electron chi connectivity index (χ2n) is 25.7. The maximum atomic E-state index is 16.0. The van der Waals surface area contributed by atoms with E-state index in [9.17, 15) is 75.0 Å². The number of aromatic hydroxyl groups is 3. The van der Waals surface area contributed by atoms with Crippen LogP contribution in [-0.4, -0.2) is 191 Å². The van der Waals surface area contributed by atoms with E-state index in [1.54, 1.807) is 0 Å². The first-order valence-corrected chi connectivity index (χ1v) is 32.4. The van der Waals surface area contributed by atoms with E-state index in [0.29, 0.717) is 0 Å². The number of fused-ring (bicyclic) bond motifs is 15. The molecule has 2 fully saturated rings. The number of likely N-dealkylation sites (N-methyl/N-ethyl adjacent to an activating group) is 1. The third-order valence-corrected chi connectivity index (χ3v) is 18.4. The molecular weight excluding hydrogens is 1370 g/mol. The van der Waals surface area contributed by atoms with Gasteiger partial charge in [-0.2, -0.15) is 0 Å². The molecule has 7 amide bonds. The second kappa shape index (κ2) is 30.2. The molecule has 101 heavy (non-hydrogen) atoms. The molecule has 5 aromatic carbocycles. The van der Waals surface area contributed by atoms with Gasteiger partial charge in [-0.05, 0) is 110 Å². The molecule has 7 aliphatic rings. The van der Waals surface area contributed by atoms with Gasteiger partial charge in [0.15, 0.2) is 29.9 Å². The number of nitrogens with one attached hydrogen (secondary N) is 7. The molecule has 35 heteroatoms. The number of phenolic OH excluding ortho intramolecular Hbond substituents is 3. The Morgan fingerprint density at radius 3 is 1.90 bits per heavy atom. The number of nitrogens with two attached hydrogens (primary N) is 2. The van der Waals surface area contributed by atoms with Crippen molar-refractivity contribution in [3.05, 3.63) is 117 Å². The maximum Gasteiger partial charge on any atom is 0.330 e. The largest absolute Gasteiger partial charge is 0.508 e. The van der Waals surface area contributed by atoms with E-state index in [4.69, 9.17) is 63.1 Å². The van der Waals surface area contributed by atoms with Gasteiger partial charge in [0.1, 0.15) is 89.5 Å². The molecule has 7 heterocycles. The van der Waals surface area contributed by atoms with Gasteiger partial charge in [0.05, 0.1) is 41.3 Å². The summed E-state index contributed by atoms with van der Waals surface area (Å²) in [5.74, 6) is -16.0. The van der Waals surface area contributed by atoms with Gasteiger partial charge in [0.2, 0.25) is 53.4 Å². The first kappa shape index (κ1) is 74.5. The number of hydrogen-bond donors (Lipinski definition) is 19. The van der Waals surface area contributed by atoms with Crippen LogP contribution in [0, 0.1) is 5.92 Å². The van der Waals surface area contributed by atoms with E-state index >= 15 is 14.4 Å². The lowest BCUT2D eigenvalue weighted by Gasteiger charge is -2.47. The first-order chi connectivity index (χ1) is 47.7. The molecule has 0 aromatic heterocycles. The third kappa shape index (κ3) is 15.8. The highest BCUT2D eigenvalue weighted by atomic mass is 35.5. The number of carbonyl (C=O) groups excluding carboxylic acids is 7. The predicted molar refractivity (Wildman–Crippen MR) is 349 cm³/mol. The van der Waals surface area contributed by atoms with Crippen LogP contribution in [0.15, 0.2) is 78.9 Å². The van der Waals surface area contributed by atoms with Crippen molar-refractivity contribution in [2.75, 3.05) is 13.7 Å². The van der Waals surface area contributed by atoms with Crippen molar-refractivity contribution < 1.29 is 118 Å². The molecule has 18 atom stereocenters. The summed E-state index contributed by atoms with van der Waals surface area (Å²) in [5, 5.41) is 131. The molecule has 5 aromatic rings. The molecule has 11 bridgehead atoms. The smallest absolute Gasteiger partial charge is 0.330 e. The topological polar surface area (TPSA) is 530 Å². The number of aliphatic hydroxyl groups is 6. The highest BCUT2D eigenvalue weighted by Crippen LogP contribution is 2.50. The summed E-state index contributed by atoms with van der Waals surface area (Å²) in [7, 11) is 1.47. The zero-order valence-electron chi connectivity index (χ0n) is 54.3. The lowest BCUT2D eigenvalue weighted by molar-refractivity contribution is -0.333. The number of carbonyl (C=O) groups is 8. The minimum atomic E-state index is -2.35. The van der Waals surface area contributed by atoms with Gasteiger partial charge in [-0.25, -0.2) is 4.79 Å². The van der Waals surface area contributed by atoms with E-state index in [2.05, 4.69) is 37.2 Å². The van der Waals surface area contributed by atoms with Crippen LogP contribution in [0.25, 0.3) is 11.1 Å². The summed E-state index contributed by atoms with van der Waals surface area (Å²) >= 11 is 14.1. The van der Waals surface area contributed by atoms with E-state index in [1.165, 1.54) is 33.0 Å². The Labute approximate surface area is 584 Å². The average molecular weight is 1450 g/mol.